The Morgan fingerprint density at radius 1 is 1.09 bits per heavy atom. The third kappa shape index (κ3) is 3.76. The highest BCUT2D eigenvalue weighted by Gasteiger charge is 2.56. The number of amides is 1. The molecule has 0 bridgehead atoms. The van der Waals surface area contributed by atoms with Gasteiger partial charge in [-0.3, -0.25) is 9.88 Å². The number of likely N-dealkylation sites (tertiary alicyclic amines) is 1. The molecule has 6 rings (SSSR count). The monoisotopic (exact) mass is 505 g/mol. The third-order valence-corrected chi connectivity index (χ3v) is 6.82. The molecule has 2 fully saturated rings. The van der Waals surface area contributed by atoms with Crippen LogP contribution in [-0.4, -0.2) is 42.6 Å². The fourth-order valence-electron chi connectivity index (χ4n) is 4.75. The largest absolute Gasteiger partial charge is 0.444 e. The Balaban J connectivity index is 1.32. The first-order chi connectivity index (χ1) is 15.7. The summed E-state index contributed by atoms with van der Waals surface area (Å²) in [5.74, 6) is 1.36. The van der Waals surface area contributed by atoms with E-state index in [4.69, 9.17) is 14.7 Å². The number of piperidine rings is 1. The average Bonchev–Trinajstić information content (AvgIpc) is 3.22. The molecule has 3 atom stereocenters. The van der Waals surface area contributed by atoms with Crippen LogP contribution in [0.3, 0.4) is 0 Å². The van der Waals surface area contributed by atoms with Crippen molar-refractivity contribution in [2.45, 2.75) is 51.3 Å². The first kappa shape index (κ1) is 20.6. The number of ether oxygens (including phenoxy) is 1. The molecule has 7 nitrogen and oxygen atoms in total. The van der Waals surface area contributed by atoms with Crippen LogP contribution in [0.2, 0.25) is 0 Å². The summed E-state index contributed by atoms with van der Waals surface area (Å²) in [5, 5.41) is 0. The summed E-state index contributed by atoms with van der Waals surface area (Å²) < 4.78 is 6.67. The number of nitrogens with zero attached hydrogens (tertiary/aromatic N) is 4. The van der Waals surface area contributed by atoms with Gasteiger partial charge in [-0.15, -0.1) is 0 Å². The van der Waals surface area contributed by atoms with Gasteiger partial charge >= 0.3 is 6.09 Å². The number of carbonyl (C=O) groups excluding carboxylic acids is 1. The standard InChI is InChI=1S/C25H24BrN5O2/c1-25(2,3)33-24(32)31-21-9-14(21)10-22(31)23-29-17-6-4-13(8-19(17)30-23)20-12-27-18-11-15(26)5-7-16(18)28-20/h4-8,11-12,14,21-22H,9-10H2,1-3H3,(H,29,30). The second-order valence-corrected chi connectivity index (χ2v) is 10.9. The van der Waals surface area contributed by atoms with E-state index in [1.165, 1.54) is 0 Å². The van der Waals surface area contributed by atoms with E-state index in [1.54, 1.807) is 6.20 Å². The highest BCUT2D eigenvalue weighted by Crippen LogP contribution is 2.53. The maximum atomic E-state index is 12.9. The molecule has 1 N–H and O–H groups in total. The van der Waals surface area contributed by atoms with Crippen molar-refractivity contribution >= 4 is 44.1 Å². The number of carbonyl (C=O) groups is 1. The molecule has 1 aliphatic carbocycles. The van der Waals surface area contributed by atoms with Crippen LogP contribution in [0.5, 0.6) is 0 Å². The van der Waals surface area contributed by atoms with Gasteiger partial charge in [0, 0.05) is 16.1 Å². The number of benzene rings is 2. The molecule has 3 heterocycles. The van der Waals surface area contributed by atoms with Crippen molar-refractivity contribution in [2.75, 3.05) is 0 Å². The molecule has 1 aliphatic heterocycles. The second-order valence-electron chi connectivity index (χ2n) is 9.94. The average molecular weight is 506 g/mol. The highest BCUT2D eigenvalue weighted by molar-refractivity contribution is 9.10. The van der Waals surface area contributed by atoms with Crippen molar-refractivity contribution in [3.8, 4) is 11.3 Å². The Hall–Kier alpha value is -3.00. The highest BCUT2D eigenvalue weighted by atomic mass is 79.9. The number of nitrogens with one attached hydrogen (secondary N) is 1. The summed E-state index contributed by atoms with van der Waals surface area (Å²) in [6, 6.07) is 12.1. The van der Waals surface area contributed by atoms with Gasteiger partial charge in [-0.05, 0) is 69.9 Å². The molecule has 2 aromatic carbocycles. The van der Waals surface area contributed by atoms with Crippen molar-refractivity contribution in [2.24, 2.45) is 5.92 Å². The number of halogens is 1. The number of imidazole rings is 1. The lowest BCUT2D eigenvalue weighted by Crippen LogP contribution is -2.38. The number of hydrogen-bond acceptors (Lipinski definition) is 5. The Bertz CT molecular complexity index is 1410. The zero-order chi connectivity index (χ0) is 22.9. The summed E-state index contributed by atoms with van der Waals surface area (Å²) in [7, 11) is 0. The number of aromatic amines is 1. The van der Waals surface area contributed by atoms with Gasteiger partial charge in [-0.1, -0.05) is 22.0 Å². The van der Waals surface area contributed by atoms with Crippen molar-refractivity contribution in [1.29, 1.82) is 0 Å². The van der Waals surface area contributed by atoms with E-state index in [2.05, 4.69) is 25.9 Å². The molecule has 2 aliphatic rings. The van der Waals surface area contributed by atoms with Crippen molar-refractivity contribution in [3.05, 3.63) is 52.9 Å². The van der Waals surface area contributed by atoms with E-state index >= 15 is 0 Å². The lowest BCUT2D eigenvalue weighted by molar-refractivity contribution is 0.0175. The molecule has 1 saturated carbocycles. The summed E-state index contributed by atoms with van der Waals surface area (Å²) in [5.41, 5.74) is 4.74. The molecule has 2 aromatic heterocycles. The number of rotatable bonds is 2. The fourth-order valence-corrected chi connectivity index (χ4v) is 5.10. The van der Waals surface area contributed by atoms with E-state index in [9.17, 15) is 4.79 Å². The summed E-state index contributed by atoms with van der Waals surface area (Å²) >= 11 is 3.48. The van der Waals surface area contributed by atoms with Crippen LogP contribution in [0.1, 0.15) is 45.5 Å². The van der Waals surface area contributed by atoms with E-state index < -0.39 is 5.60 Å². The first-order valence-electron chi connectivity index (χ1n) is 11.2. The van der Waals surface area contributed by atoms with Gasteiger partial charge in [-0.25, -0.2) is 14.8 Å². The minimum atomic E-state index is -0.519. The second kappa shape index (κ2) is 7.25. The number of H-pyrrole nitrogens is 1. The van der Waals surface area contributed by atoms with Crippen molar-refractivity contribution in [3.63, 3.8) is 0 Å². The smallest absolute Gasteiger partial charge is 0.411 e. The van der Waals surface area contributed by atoms with Gasteiger partial charge in [0.25, 0.3) is 0 Å². The van der Waals surface area contributed by atoms with E-state index in [-0.39, 0.29) is 18.2 Å². The molecule has 1 amide bonds. The zero-order valence-corrected chi connectivity index (χ0v) is 20.3. The van der Waals surface area contributed by atoms with Crippen LogP contribution >= 0.6 is 15.9 Å². The van der Waals surface area contributed by atoms with Gasteiger partial charge in [0.05, 0.1) is 40.0 Å². The van der Waals surface area contributed by atoms with Crippen molar-refractivity contribution < 1.29 is 9.53 Å². The Kier molecular flexibility index (Phi) is 4.52. The molecule has 3 unspecified atom stereocenters. The number of fused-ring (bicyclic) bond motifs is 3. The predicted molar refractivity (Wildman–Crippen MR) is 130 cm³/mol. The summed E-state index contributed by atoms with van der Waals surface area (Å²) in [6.07, 6.45) is 3.51. The van der Waals surface area contributed by atoms with Gasteiger partial charge in [0.1, 0.15) is 11.4 Å². The molecule has 0 spiro atoms. The SMILES string of the molecule is CC(C)(C)OC(=O)N1C(c2nc3ccc(-c4cnc5cc(Br)ccc5n4)cc3[nH]2)CC2CC21. The third-order valence-electron chi connectivity index (χ3n) is 6.32. The van der Waals surface area contributed by atoms with Gasteiger partial charge in [0.2, 0.25) is 0 Å². The number of aromatic nitrogens is 4. The van der Waals surface area contributed by atoms with E-state index in [1.807, 2.05) is 62.1 Å². The fraction of sp³-hybridized carbons (Fsp3) is 0.360. The Morgan fingerprint density at radius 3 is 2.73 bits per heavy atom. The zero-order valence-electron chi connectivity index (χ0n) is 18.7. The van der Waals surface area contributed by atoms with Gasteiger partial charge < -0.3 is 9.72 Å². The van der Waals surface area contributed by atoms with E-state index in [0.29, 0.717) is 5.92 Å². The van der Waals surface area contributed by atoms with Crippen LogP contribution in [0.25, 0.3) is 33.3 Å². The Labute approximate surface area is 199 Å². The van der Waals surface area contributed by atoms with Crippen molar-refractivity contribution in [1.82, 2.24) is 24.8 Å². The summed E-state index contributed by atoms with van der Waals surface area (Å²) in [4.78, 5) is 32.4. The van der Waals surface area contributed by atoms with Crippen LogP contribution in [-0.2, 0) is 4.74 Å². The molecule has 0 radical (unpaired) electrons. The van der Waals surface area contributed by atoms with Crippen LogP contribution in [0.4, 0.5) is 4.79 Å². The van der Waals surface area contributed by atoms with Gasteiger partial charge in [0.15, 0.2) is 0 Å². The van der Waals surface area contributed by atoms with Crippen LogP contribution < -0.4 is 0 Å². The maximum absolute atomic E-state index is 12.9. The topological polar surface area (TPSA) is 84.0 Å². The number of hydrogen-bond donors (Lipinski definition) is 1. The van der Waals surface area contributed by atoms with Gasteiger partial charge in [-0.2, -0.15) is 0 Å². The molecule has 168 valence electrons. The lowest BCUT2D eigenvalue weighted by Gasteiger charge is -2.29. The molecular weight excluding hydrogens is 482 g/mol. The quantitative estimate of drug-likeness (QED) is 0.360. The first-order valence-corrected chi connectivity index (χ1v) is 12.0. The predicted octanol–water partition coefficient (Wildman–Crippen LogP) is 6.01. The molecular formula is C25H24BrN5O2. The minimum absolute atomic E-state index is 0.0849. The molecule has 8 heteroatoms. The molecule has 33 heavy (non-hydrogen) atoms. The molecule has 4 aromatic rings. The molecule has 1 saturated heterocycles. The maximum Gasteiger partial charge on any atom is 0.411 e. The van der Waals surface area contributed by atoms with Crippen LogP contribution in [0.15, 0.2) is 47.1 Å². The minimum Gasteiger partial charge on any atom is -0.444 e. The normalized spacial score (nSPS) is 22.1. The lowest BCUT2D eigenvalue weighted by atomic mass is 10.1. The Morgan fingerprint density at radius 2 is 1.91 bits per heavy atom. The van der Waals surface area contributed by atoms with Crippen LogP contribution in [0, 0.1) is 5.92 Å². The van der Waals surface area contributed by atoms with E-state index in [0.717, 1.165) is 56.5 Å². The summed E-state index contributed by atoms with van der Waals surface area (Å²) in [6.45, 7) is 5.70.